The van der Waals surface area contributed by atoms with Crippen LogP contribution in [-0.2, 0) is 14.8 Å². The third kappa shape index (κ3) is 4.04. The molecule has 0 aromatic heterocycles. The highest BCUT2D eigenvalue weighted by Crippen LogP contribution is 2.27. The van der Waals surface area contributed by atoms with Crippen molar-refractivity contribution in [2.24, 2.45) is 0 Å². The van der Waals surface area contributed by atoms with E-state index in [2.05, 4.69) is 38.5 Å². The van der Waals surface area contributed by atoms with Crippen LogP contribution in [-0.4, -0.2) is 25.5 Å². The molecule has 0 spiro atoms. The normalized spacial score (nSPS) is 12.7. The molecule has 5 nitrogen and oxygen atoms in total. The molecule has 0 aliphatic carbocycles. The summed E-state index contributed by atoms with van der Waals surface area (Å²) in [6, 6.07) is 11.5. The second-order valence-electron chi connectivity index (χ2n) is 4.75. The van der Waals surface area contributed by atoms with Gasteiger partial charge in [-0.25, -0.2) is 13.2 Å². The fraction of sp³-hybridized carbons (Fsp3) is 0.133. The van der Waals surface area contributed by atoms with Gasteiger partial charge in [-0.15, -0.1) is 0 Å². The van der Waals surface area contributed by atoms with E-state index >= 15 is 0 Å². The number of rotatable bonds is 5. The van der Waals surface area contributed by atoms with E-state index in [1.807, 2.05) is 0 Å². The number of aliphatic carboxylic acids is 1. The van der Waals surface area contributed by atoms with Gasteiger partial charge in [0.1, 0.15) is 6.04 Å². The average molecular weight is 510 g/mol. The highest BCUT2D eigenvalue weighted by atomic mass is 127. The van der Waals surface area contributed by atoms with Crippen molar-refractivity contribution in [3.8, 4) is 0 Å². The quantitative estimate of drug-likeness (QED) is 0.623. The third-order valence-corrected chi connectivity index (χ3v) is 6.32. The fourth-order valence-corrected chi connectivity index (χ4v) is 4.22. The Bertz CT molecular complexity index is 806. The molecule has 0 aliphatic heterocycles. The lowest BCUT2D eigenvalue weighted by Gasteiger charge is -2.28. The zero-order valence-electron chi connectivity index (χ0n) is 12.0. The maximum atomic E-state index is 12.9. The van der Waals surface area contributed by atoms with E-state index in [4.69, 9.17) is 0 Å². The molecule has 0 saturated heterocycles. The Morgan fingerprint density at radius 2 is 1.65 bits per heavy atom. The maximum absolute atomic E-state index is 12.9. The molecule has 2 aromatic carbocycles. The predicted molar refractivity (Wildman–Crippen MR) is 100 cm³/mol. The minimum absolute atomic E-state index is 0.0346. The lowest BCUT2D eigenvalue weighted by atomic mass is 10.2. The summed E-state index contributed by atoms with van der Waals surface area (Å²) < 4.78 is 28.4. The second-order valence-corrected chi connectivity index (χ2v) is 8.72. The third-order valence-electron chi connectivity index (χ3n) is 3.16. The molecule has 0 fully saturated rings. The first-order valence-corrected chi connectivity index (χ1v) is 9.83. The summed E-state index contributed by atoms with van der Waals surface area (Å²) in [6.07, 6.45) is 0. The number of hydrogen-bond donors (Lipinski definition) is 1. The van der Waals surface area contributed by atoms with E-state index < -0.39 is 22.0 Å². The van der Waals surface area contributed by atoms with E-state index in [1.165, 1.54) is 19.1 Å². The summed E-state index contributed by atoms with van der Waals surface area (Å²) in [5.41, 5.74) is 0.309. The molecule has 0 radical (unpaired) electrons. The molecule has 0 bridgehead atoms. The summed E-state index contributed by atoms with van der Waals surface area (Å²) in [5.74, 6) is -1.22. The summed E-state index contributed by atoms with van der Waals surface area (Å²) >= 11 is 5.35. The molecular weight excluding hydrogens is 497 g/mol. The first-order valence-electron chi connectivity index (χ1n) is 6.52. The first-order chi connectivity index (χ1) is 10.7. The van der Waals surface area contributed by atoms with Crippen molar-refractivity contribution in [1.29, 1.82) is 0 Å². The topological polar surface area (TPSA) is 74.7 Å². The summed E-state index contributed by atoms with van der Waals surface area (Å²) in [7, 11) is -4.00. The number of anilines is 1. The Morgan fingerprint density at radius 1 is 1.13 bits per heavy atom. The number of nitrogens with zero attached hydrogens (tertiary/aromatic N) is 1. The number of hydrogen-bond acceptors (Lipinski definition) is 3. The molecule has 122 valence electrons. The molecular formula is C15H13BrINO4S. The summed E-state index contributed by atoms with van der Waals surface area (Å²) in [5, 5.41) is 9.31. The molecule has 0 heterocycles. The Hall–Kier alpha value is -1.13. The van der Waals surface area contributed by atoms with Crippen LogP contribution >= 0.6 is 38.5 Å². The van der Waals surface area contributed by atoms with Crippen molar-refractivity contribution in [2.45, 2.75) is 17.9 Å². The van der Waals surface area contributed by atoms with Gasteiger partial charge in [0.05, 0.1) is 10.6 Å². The van der Waals surface area contributed by atoms with Crippen molar-refractivity contribution in [3.63, 3.8) is 0 Å². The van der Waals surface area contributed by atoms with Crippen molar-refractivity contribution in [1.82, 2.24) is 0 Å². The molecule has 2 rings (SSSR count). The van der Waals surface area contributed by atoms with Crippen LogP contribution in [0.5, 0.6) is 0 Å². The van der Waals surface area contributed by atoms with Crippen LogP contribution in [0.3, 0.4) is 0 Å². The average Bonchev–Trinajstić information content (AvgIpc) is 2.49. The molecule has 1 unspecified atom stereocenters. The monoisotopic (exact) mass is 509 g/mol. The highest BCUT2D eigenvalue weighted by molar-refractivity contribution is 14.1. The van der Waals surface area contributed by atoms with Crippen LogP contribution in [0.2, 0.25) is 0 Å². The van der Waals surface area contributed by atoms with Gasteiger partial charge in [-0.1, -0.05) is 15.9 Å². The maximum Gasteiger partial charge on any atom is 0.327 e. The van der Waals surface area contributed by atoms with Crippen LogP contribution in [0.15, 0.2) is 57.9 Å². The minimum atomic E-state index is -4.00. The summed E-state index contributed by atoms with van der Waals surface area (Å²) in [4.78, 5) is 11.4. The number of carboxylic acid groups (broad SMARTS) is 1. The smallest absolute Gasteiger partial charge is 0.327 e. The Kier molecular flexibility index (Phi) is 5.69. The van der Waals surface area contributed by atoms with Crippen LogP contribution in [0, 0.1) is 3.57 Å². The number of sulfonamides is 1. The fourth-order valence-electron chi connectivity index (χ4n) is 1.98. The van der Waals surface area contributed by atoms with E-state index in [1.54, 1.807) is 36.4 Å². The van der Waals surface area contributed by atoms with E-state index in [0.717, 1.165) is 12.3 Å². The van der Waals surface area contributed by atoms with Crippen LogP contribution in [0.1, 0.15) is 6.92 Å². The van der Waals surface area contributed by atoms with Gasteiger partial charge in [-0.2, -0.15) is 0 Å². The molecule has 1 atom stereocenters. The number of benzene rings is 2. The van der Waals surface area contributed by atoms with Crippen LogP contribution in [0.4, 0.5) is 5.69 Å². The molecule has 0 amide bonds. The van der Waals surface area contributed by atoms with Gasteiger partial charge in [0, 0.05) is 8.04 Å². The van der Waals surface area contributed by atoms with Gasteiger partial charge in [-0.05, 0) is 78.0 Å². The molecule has 8 heteroatoms. The van der Waals surface area contributed by atoms with Crippen molar-refractivity contribution < 1.29 is 18.3 Å². The molecule has 0 aliphatic rings. The summed E-state index contributed by atoms with van der Waals surface area (Å²) in [6.45, 7) is 1.34. The standard InChI is InChI=1S/C15H13BrINO4S/c1-10(15(19)20)18(13-6-4-12(17)5-7-13)23(21,22)14-8-2-11(16)3-9-14/h2-10H,1H3,(H,19,20). The Morgan fingerprint density at radius 3 is 2.13 bits per heavy atom. The van der Waals surface area contributed by atoms with Gasteiger partial charge in [-0.3, -0.25) is 4.31 Å². The van der Waals surface area contributed by atoms with Crippen molar-refractivity contribution in [3.05, 3.63) is 56.6 Å². The number of carboxylic acids is 1. The molecule has 23 heavy (non-hydrogen) atoms. The van der Waals surface area contributed by atoms with E-state index in [-0.39, 0.29) is 4.90 Å². The van der Waals surface area contributed by atoms with E-state index in [9.17, 15) is 18.3 Å². The first kappa shape index (κ1) is 18.2. The van der Waals surface area contributed by atoms with Gasteiger partial charge in [0.25, 0.3) is 10.0 Å². The van der Waals surface area contributed by atoms with Gasteiger partial charge < -0.3 is 5.11 Å². The molecule has 2 aromatic rings. The number of carbonyl (C=O) groups is 1. The van der Waals surface area contributed by atoms with Crippen molar-refractivity contribution >= 4 is 60.2 Å². The number of halogens is 2. The zero-order valence-corrected chi connectivity index (χ0v) is 16.5. The van der Waals surface area contributed by atoms with Crippen LogP contribution < -0.4 is 4.31 Å². The van der Waals surface area contributed by atoms with Crippen molar-refractivity contribution in [2.75, 3.05) is 4.31 Å². The van der Waals surface area contributed by atoms with Gasteiger partial charge in [0.2, 0.25) is 0 Å². The lowest BCUT2D eigenvalue weighted by Crippen LogP contribution is -2.43. The largest absolute Gasteiger partial charge is 0.480 e. The highest BCUT2D eigenvalue weighted by Gasteiger charge is 2.33. The Labute approximate surface area is 156 Å². The van der Waals surface area contributed by atoms with Gasteiger partial charge in [0.15, 0.2) is 0 Å². The molecule has 1 N–H and O–H groups in total. The van der Waals surface area contributed by atoms with E-state index in [0.29, 0.717) is 5.69 Å². The zero-order chi connectivity index (χ0) is 17.2. The Balaban J connectivity index is 2.58. The van der Waals surface area contributed by atoms with Gasteiger partial charge >= 0.3 is 5.97 Å². The van der Waals surface area contributed by atoms with Crippen LogP contribution in [0.25, 0.3) is 0 Å². The lowest BCUT2D eigenvalue weighted by molar-refractivity contribution is -0.137. The molecule has 0 saturated carbocycles. The predicted octanol–water partition coefficient (Wildman–Crippen LogP) is 3.72. The second kappa shape index (κ2) is 7.18. The SMILES string of the molecule is CC(C(=O)O)N(c1ccc(I)cc1)S(=O)(=O)c1ccc(Br)cc1. The minimum Gasteiger partial charge on any atom is -0.480 e.